The van der Waals surface area contributed by atoms with Crippen molar-refractivity contribution in [2.45, 2.75) is 57.3 Å². The summed E-state index contributed by atoms with van der Waals surface area (Å²) >= 11 is 0. The first-order valence-corrected chi connectivity index (χ1v) is 9.17. The summed E-state index contributed by atoms with van der Waals surface area (Å²) in [5.74, 6) is 1.19. The molecule has 2 aliphatic rings. The molecule has 1 heterocycles. The Kier molecular flexibility index (Phi) is 4.93. The lowest BCUT2D eigenvalue weighted by molar-refractivity contribution is -0.113. The molecule has 0 saturated carbocycles. The molecule has 0 spiro atoms. The summed E-state index contributed by atoms with van der Waals surface area (Å²) < 4.78 is 17.0. The van der Waals surface area contributed by atoms with E-state index in [-0.39, 0.29) is 6.10 Å². The van der Waals surface area contributed by atoms with Gasteiger partial charge in [-0.15, -0.1) is 0 Å². The third-order valence-electron chi connectivity index (χ3n) is 4.95. The number of ether oxygens (including phenoxy) is 3. The molecular formula is C21H27NO5. The monoisotopic (exact) mass is 373 g/mol. The Morgan fingerprint density at radius 1 is 1.41 bits per heavy atom. The van der Waals surface area contributed by atoms with Crippen LogP contribution in [0.2, 0.25) is 0 Å². The van der Waals surface area contributed by atoms with Crippen molar-refractivity contribution in [2.75, 3.05) is 14.2 Å². The molecule has 0 saturated heterocycles. The van der Waals surface area contributed by atoms with E-state index in [1.165, 1.54) is 4.90 Å². The normalized spacial score (nSPS) is 23.1. The topological polar surface area (TPSA) is 65.1 Å². The highest BCUT2D eigenvalue weighted by Crippen LogP contribution is 2.52. The van der Waals surface area contributed by atoms with Gasteiger partial charge in [-0.25, -0.2) is 4.79 Å². The number of hydrogen-bond donors (Lipinski definition) is 0. The van der Waals surface area contributed by atoms with Gasteiger partial charge in [0.05, 0.1) is 7.11 Å². The highest BCUT2D eigenvalue weighted by Gasteiger charge is 2.51. The number of hydrogen-bond acceptors (Lipinski definition) is 5. The van der Waals surface area contributed by atoms with E-state index in [1.54, 1.807) is 14.2 Å². The quantitative estimate of drug-likeness (QED) is 0.596. The third kappa shape index (κ3) is 3.40. The summed E-state index contributed by atoms with van der Waals surface area (Å²) in [7, 11) is 3.26. The van der Waals surface area contributed by atoms with Crippen molar-refractivity contribution >= 4 is 12.4 Å². The number of fused-ring (bicyclic) bond motifs is 3. The summed E-state index contributed by atoms with van der Waals surface area (Å²) in [5.41, 5.74) is 0.220. The zero-order valence-corrected chi connectivity index (χ0v) is 16.6. The zero-order valence-electron chi connectivity index (χ0n) is 16.6. The van der Waals surface area contributed by atoms with E-state index in [9.17, 15) is 9.59 Å². The van der Waals surface area contributed by atoms with Crippen molar-refractivity contribution in [3.05, 3.63) is 35.4 Å². The van der Waals surface area contributed by atoms with E-state index >= 15 is 0 Å². The van der Waals surface area contributed by atoms with Crippen LogP contribution in [0.3, 0.4) is 0 Å². The fourth-order valence-electron chi connectivity index (χ4n) is 3.74. The van der Waals surface area contributed by atoms with Gasteiger partial charge in [0, 0.05) is 19.2 Å². The number of methoxy groups -OCH3 is 1. The van der Waals surface area contributed by atoms with E-state index < -0.39 is 17.1 Å². The average Bonchev–Trinajstić information content (AvgIpc) is 2.96. The number of rotatable bonds is 4. The highest BCUT2D eigenvalue weighted by molar-refractivity contribution is 5.80. The Morgan fingerprint density at radius 3 is 2.78 bits per heavy atom. The molecule has 6 nitrogen and oxygen atoms in total. The van der Waals surface area contributed by atoms with Crippen LogP contribution in [-0.2, 0) is 21.5 Å². The van der Waals surface area contributed by atoms with Gasteiger partial charge in [-0.3, -0.25) is 0 Å². The first-order chi connectivity index (χ1) is 12.7. The maximum Gasteiger partial charge on any atom is 0.410 e. The summed E-state index contributed by atoms with van der Waals surface area (Å²) in [5, 5.41) is 0. The van der Waals surface area contributed by atoms with E-state index in [1.807, 2.05) is 45.1 Å². The molecule has 1 aromatic carbocycles. The van der Waals surface area contributed by atoms with Gasteiger partial charge in [0.1, 0.15) is 23.4 Å². The van der Waals surface area contributed by atoms with Gasteiger partial charge in [0.15, 0.2) is 11.5 Å². The minimum Gasteiger partial charge on any atom is -0.493 e. The van der Waals surface area contributed by atoms with Crippen LogP contribution in [0.4, 0.5) is 4.79 Å². The second-order valence-electron chi connectivity index (χ2n) is 8.10. The molecule has 0 unspecified atom stereocenters. The number of carbonyl (C=O) groups excluding carboxylic acids is 2. The molecule has 146 valence electrons. The van der Waals surface area contributed by atoms with Gasteiger partial charge >= 0.3 is 6.09 Å². The molecule has 2 atom stereocenters. The Labute approximate surface area is 160 Å². The predicted octanol–water partition coefficient (Wildman–Crippen LogP) is 3.61. The van der Waals surface area contributed by atoms with Crippen LogP contribution in [0.25, 0.3) is 0 Å². The lowest BCUT2D eigenvalue weighted by Gasteiger charge is -2.30. The number of benzene rings is 1. The molecule has 0 aromatic heterocycles. The summed E-state index contributed by atoms with van der Waals surface area (Å²) in [6, 6.07) is 3.70. The van der Waals surface area contributed by atoms with Crippen molar-refractivity contribution in [1.29, 1.82) is 0 Å². The van der Waals surface area contributed by atoms with E-state index in [2.05, 4.69) is 0 Å². The molecule has 0 N–H and O–H groups in total. The molecule has 0 bridgehead atoms. The number of allylic oxidation sites excluding steroid dienone is 1. The van der Waals surface area contributed by atoms with Crippen LogP contribution >= 0.6 is 0 Å². The molecule has 6 heteroatoms. The van der Waals surface area contributed by atoms with Crippen molar-refractivity contribution in [3.63, 3.8) is 0 Å². The van der Waals surface area contributed by atoms with Gasteiger partial charge in [0.25, 0.3) is 0 Å². The molecule has 3 rings (SSSR count). The summed E-state index contributed by atoms with van der Waals surface area (Å²) in [6.45, 7) is 5.80. The Morgan fingerprint density at radius 2 is 2.15 bits per heavy atom. The molecule has 0 fully saturated rings. The van der Waals surface area contributed by atoms with Crippen LogP contribution in [0.15, 0.2) is 24.3 Å². The standard InChI is InChI=1S/C21H27NO5/c1-20(2,3)27-19(24)22(4)12-14-9-10-15(25-5)18-17(14)21(13-23)11-7-6-8-16(21)26-18/h7,9-11,13,16H,6,8,12H2,1-5H3/t16-,21-/m0/s1. The molecular weight excluding hydrogens is 346 g/mol. The van der Waals surface area contributed by atoms with Gasteiger partial charge < -0.3 is 23.9 Å². The lowest BCUT2D eigenvalue weighted by Crippen LogP contribution is -2.40. The van der Waals surface area contributed by atoms with Crippen LogP contribution in [0.5, 0.6) is 11.5 Å². The number of aldehydes is 1. The molecule has 1 aliphatic heterocycles. The molecule has 27 heavy (non-hydrogen) atoms. The average molecular weight is 373 g/mol. The van der Waals surface area contributed by atoms with E-state index in [0.717, 1.165) is 30.3 Å². The first kappa shape index (κ1) is 19.3. The van der Waals surface area contributed by atoms with Crippen molar-refractivity contribution in [3.8, 4) is 11.5 Å². The summed E-state index contributed by atoms with van der Waals surface area (Å²) in [4.78, 5) is 26.1. The second kappa shape index (κ2) is 6.91. The Balaban J connectivity index is 2.00. The van der Waals surface area contributed by atoms with Crippen molar-refractivity contribution in [2.24, 2.45) is 0 Å². The molecule has 1 aromatic rings. The summed E-state index contributed by atoms with van der Waals surface area (Å²) in [6.07, 6.45) is 5.85. The number of amides is 1. The number of carbonyl (C=O) groups is 2. The van der Waals surface area contributed by atoms with Crippen molar-refractivity contribution in [1.82, 2.24) is 4.90 Å². The van der Waals surface area contributed by atoms with Crippen LogP contribution in [-0.4, -0.2) is 43.1 Å². The van der Waals surface area contributed by atoms with Gasteiger partial charge in [0.2, 0.25) is 0 Å². The van der Waals surface area contributed by atoms with Crippen LogP contribution in [0.1, 0.15) is 44.7 Å². The predicted molar refractivity (Wildman–Crippen MR) is 101 cm³/mol. The van der Waals surface area contributed by atoms with Gasteiger partial charge in [-0.2, -0.15) is 0 Å². The smallest absolute Gasteiger partial charge is 0.410 e. The lowest BCUT2D eigenvalue weighted by atomic mass is 9.72. The molecule has 0 radical (unpaired) electrons. The largest absolute Gasteiger partial charge is 0.493 e. The van der Waals surface area contributed by atoms with E-state index in [0.29, 0.717) is 18.0 Å². The highest BCUT2D eigenvalue weighted by atomic mass is 16.6. The third-order valence-corrected chi connectivity index (χ3v) is 4.95. The maximum absolute atomic E-state index is 12.4. The SMILES string of the molecule is COc1ccc(CN(C)C(=O)OC(C)(C)C)c2c1O[C@H]1CCC=C[C@@]21C=O. The zero-order chi connectivity index (χ0) is 19.8. The minimum absolute atomic E-state index is 0.253. The second-order valence-corrected chi connectivity index (χ2v) is 8.10. The van der Waals surface area contributed by atoms with Crippen molar-refractivity contribution < 1.29 is 23.8 Å². The fourth-order valence-corrected chi connectivity index (χ4v) is 3.74. The fraction of sp³-hybridized carbons (Fsp3) is 0.524. The minimum atomic E-state index is -0.841. The van der Waals surface area contributed by atoms with Gasteiger partial charge in [-0.05, 0) is 45.2 Å². The van der Waals surface area contributed by atoms with Gasteiger partial charge in [-0.1, -0.05) is 18.2 Å². The van der Waals surface area contributed by atoms with E-state index in [4.69, 9.17) is 14.2 Å². The molecule has 1 amide bonds. The molecule has 1 aliphatic carbocycles. The first-order valence-electron chi connectivity index (χ1n) is 9.17. The Hall–Kier alpha value is -2.50. The van der Waals surface area contributed by atoms with Crippen LogP contribution < -0.4 is 9.47 Å². The van der Waals surface area contributed by atoms with Crippen LogP contribution in [0, 0.1) is 0 Å². The maximum atomic E-state index is 12.4. The number of nitrogens with zero attached hydrogens (tertiary/aromatic N) is 1. The Bertz CT molecular complexity index is 780.